The van der Waals surface area contributed by atoms with Crippen LogP contribution in [0.5, 0.6) is 0 Å². The Morgan fingerprint density at radius 1 is 1.64 bits per heavy atom. The Hall–Kier alpha value is -0.990. The maximum atomic E-state index is 11.5. The number of carbonyl (C=O) groups excluding carboxylic acids is 1. The molecule has 3 nitrogen and oxygen atoms in total. The van der Waals surface area contributed by atoms with Crippen LogP contribution < -0.4 is 0 Å². The van der Waals surface area contributed by atoms with E-state index in [0.29, 0.717) is 18.4 Å². The topological polar surface area (TPSA) is 35.5 Å². The molecular weight excluding hydrogens is 180 g/mol. The number of methoxy groups -OCH3 is 1. The first kappa shape index (κ1) is 9.56. The second-order valence-corrected chi connectivity index (χ2v) is 3.93. The standard InChI is InChI=1S/C11H16O3/c1-3-14-11(12)10-8-5-4-7(6-13-2)9(8)10/h6,8-10H,3-5H2,1-2H3/b7-6+/t8-,9+,10+/m0/s1. The SMILES string of the molecule is CCOC(=O)[C@@H]1[C@H]2CC/C(=C\OC)[C@H]21. The second kappa shape index (κ2) is 3.64. The number of esters is 1. The lowest BCUT2D eigenvalue weighted by atomic mass is 10.1. The third-order valence-corrected chi connectivity index (χ3v) is 3.19. The van der Waals surface area contributed by atoms with Crippen molar-refractivity contribution in [3.63, 3.8) is 0 Å². The van der Waals surface area contributed by atoms with Crippen LogP contribution in [0.15, 0.2) is 11.8 Å². The van der Waals surface area contributed by atoms with E-state index in [9.17, 15) is 4.79 Å². The summed E-state index contributed by atoms with van der Waals surface area (Å²) in [4.78, 5) is 11.5. The third kappa shape index (κ3) is 1.41. The minimum atomic E-state index is -0.0239. The van der Waals surface area contributed by atoms with E-state index in [-0.39, 0.29) is 11.9 Å². The molecule has 0 amide bonds. The van der Waals surface area contributed by atoms with E-state index in [2.05, 4.69) is 0 Å². The summed E-state index contributed by atoms with van der Waals surface area (Å²) in [7, 11) is 1.65. The van der Waals surface area contributed by atoms with Crippen molar-refractivity contribution >= 4 is 5.97 Å². The summed E-state index contributed by atoms with van der Waals surface area (Å²) in [6.45, 7) is 2.33. The molecule has 0 spiro atoms. The lowest BCUT2D eigenvalue weighted by Crippen LogP contribution is -2.10. The van der Waals surface area contributed by atoms with Crippen LogP contribution >= 0.6 is 0 Å². The molecule has 78 valence electrons. The Labute approximate surface area is 84.1 Å². The summed E-state index contributed by atoms with van der Waals surface area (Å²) < 4.78 is 10.0. The van der Waals surface area contributed by atoms with E-state index in [1.807, 2.05) is 6.92 Å². The molecule has 3 atom stereocenters. The quantitative estimate of drug-likeness (QED) is 0.509. The molecule has 2 saturated carbocycles. The van der Waals surface area contributed by atoms with Crippen molar-refractivity contribution < 1.29 is 14.3 Å². The highest BCUT2D eigenvalue weighted by Gasteiger charge is 2.60. The molecule has 3 heteroatoms. The number of hydrogen-bond donors (Lipinski definition) is 0. The molecule has 14 heavy (non-hydrogen) atoms. The van der Waals surface area contributed by atoms with Crippen molar-refractivity contribution in [3.8, 4) is 0 Å². The Kier molecular flexibility index (Phi) is 2.48. The van der Waals surface area contributed by atoms with Gasteiger partial charge in [-0.2, -0.15) is 0 Å². The van der Waals surface area contributed by atoms with Gasteiger partial charge in [-0.05, 0) is 31.3 Å². The van der Waals surface area contributed by atoms with Gasteiger partial charge in [-0.1, -0.05) is 0 Å². The number of rotatable bonds is 3. The zero-order chi connectivity index (χ0) is 10.1. The van der Waals surface area contributed by atoms with E-state index < -0.39 is 0 Å². The third-order valence-electron chi connectivity index (χ3n) is 3.19. The predicted octanol–water partition coefficient (Wildman–Crippen LogP) is 1.74. The molecule has 0 aromatic carbocycles. The van der Waals surface area contributed by atoms with Crippen molar-refractivity contribution in [2.24, 2.45) is 17.8 Å². The van der Waals surface area contributed by atoms with Gasteiger partial charge in [0.05, 0.1) is 25.9 Å². The molecule has 0 aromatic rings. The zero-order valence-electron chi connectivity index (χ0n) is 8.66. The molecule has 0 unspecified atom stereocenters. The molecule has 0 N–H and O–H groups in total. The summed E-state index contributed by atoms with van der Waals surface area (Å²) in [5.74, 6) is 1.07. The van der Waals surface area contributed by atoms with E-state index >= 15 is 0 Å². The van der Waals surface area contributed by atoms with Crippen molar-refractivity contribution in [3.05, 3.63) is 11.8 Å². The van der Waals surface area contributed by atoms with Gasteiger partial charge < -0.3 is 9.47 Å². The van der Waals surface area contributed by atoms with Crippen molar-refractivity contribution in [1.82, 2.24) is 0 Å². The normalized spacial score (nSPS) is 36.7. The molecule has 0 radical (unpaired) electrons. The maximum Gasteiger partial charge on any atom is 0.309 e. The second-order valence-electron chi connectivity index (χ2n) is 3.93. The minimum Gasteiger partial charge on any atom is -0.504 e. The van der Waals surface area contributed by atoms with Crippen LogP contribution in [0, 0.1) is 17.8 Å². The van der Waals surface area contributed by atoms with E-state index in [4.69, 9.17) is 9.47 Å². The van der Waals surface area contributed by atoms with Crippen LogP contribution in [0.3, 0.4) is 0 Å². The molecule has 2 rings (SSSR count). The first-order valence-electron chi connectivity index (χ1n) is 5.18. The molecule has 0 aliphatic heterocycles. The Morgan fingerprint density at radius 2 is 2.43 bits per heavy atom. The first-order chi connectivity index (χ1) is 6.79. The van der Waals surface area contributed by atoms with Gasteiger partial charge >= 0.3 is 5.97 Å². The highest BCUT2D eigenvalue weighted by molar-refractivity contribution is 5.78. The summed E-state index contributed by atoms with van der Waals surface area (Å²) in [5.41, 5.74) is 1.29. The van der Waals surface area contributed by atoms with Crippen molar-refractivity contribution in [2.75, 3.05) is 13.7 Å². The maximum absolute atomic E-state index is 11.5. The average molecular weight is 196 g/mol. The van der Waals surface area contributed by atoms with Crippen LogP contribution in [-0.2, 0) is 14.3 Å². The summed E-state index contributed by atoms with van der Waals surface area (Å²) in [5, 5.41) is 0. The Morgan fingerprint density at radius 3 is 3.07 bits per heavy atom. The van der Waals surface area contributed by atoms with Crippen LogP contribution in [0.25, 0.3) is 0 Å². The zero-order valence-corrected chi connectivity index (χ0v) is 8.66. The van der Waals surface area contributed by atoms with Crippen molar-refractivity contribution in [1.29, 1.82) is 0 Å². The fourth-order valence-corrected chi connectivity index (χ4v) is 2.59. The number of allylic oxidation sites excluding steroid dienone is 1. The smallest absolute Gasteiger partial charge is 0.309 e. The minimum absolute atomic E-state index is 0.0239. The highest BCUT2D eigenvalue weighted by atomic mass is 16.5. The van der Waals surface area contributed by atoms with Crippen LogP contribution in [0.4, 0.5) is 0 Å². The van der Waals surface area contributed by atoms with Gasteiger partial charge in [-0.25, -0.2) is 0 Å². The fraction of sp³-hybridized carbons (Fsp3) is 0.727. The summed E-state index contributed by atoms with van der Waals surface area (Å²) >= 11 is 0. The number of hydrogen-bond acceptors (Lipinski definition) is 3. The van der Waals surface area contributed by atoms with Gasteiger partial charge in [0.25, 0.3) is 0 Å². The summed E-state index contributed by atoms with van der Waals surface area (Å²) in [6.07, 6.45) is 3.99. The van der Waals surface area contributed by atoms with Gasteiger partial charge in [-0.3, -0.25) is 4.79 Å². The Balaban J connectivity index is 1.96. The average Bonchev–Trinajstić information content (AvgIpc) is 2.76. The van der Waals surface area contributed by atoms with Gasteiger partial charge in [0.1, 0.15) is 0 Å². The van der Waals surface area contributed by atoms with Crippen LogP contribution in [-0.4, -0.2) is 19.7 Å². The molecule has 0 aromatic heterocycles. The fourth-order valence-electron chi connectivity index (χ4n) is 2.59. The summed E-state index contributed by atoms with van der Waals surface area (Å²) in [6, 6.07) is 0. The van der Waals surface area contributed by atoms with Gasteiger partial charge in [0, 0.05) is 5.92 Å². The molecular formula is C11H16O3. The number of fused-ring (bicyclic) bond motifs is 1. The van der Waals surface area contributed by atoms with E-state index in [1.54, 1.807) is 13.4 Å². The molecule has 2 fully saturated rings. The monoisotopic (exact) mass is 196 g/mol. The largest absolute Gasteiger partial charge is 0.504 e. The highest BCUT2D eigenvalue weighted by Crippen LogP contribution is 2.60. The number of carbonyl (C=O) groups is 1. The predicted molar refractivity (Wildman–Crippen MR) is 51.4 cm³/mol. The van der Waals surface area contributed by atoms with E-state index in [0.717, 1.165) is 12.8 Å². The number of ether oxygens (including phenoxy) is 2. The van der Waals surface area contributed by atoms with Gasteiger partial charge in [0.2, 0.25) is 0 Å². The molecule has 0 bridgehead atoms. The molecule has 2 aliphatic rings. The van der Waals surface area contributed by atoms with Gasteiger partial charge in [-0.15, -0.1) is 0 Å². The van der Waals surface area contributed by atoms with Crippen LogP contribution in [0.2, 0.25) is 0 Å². The Bertz CT molecular complexity index is 270. The van der Waals surface area contributed by atoms with Crippen LogP contribution in [0.1, 0.15) is 19.8 Å². The van der Waals surface area contributed by atoms with Crippen molar-refractivity contribution in [2.45, 2.75) is 19.8 Å². The lowest BCUT2D eigenvalue weighted by Gasteiger charge is -2.05. The van der Waals surface area contributed by atoms with E-state index in [1.165, 1.54) is 5.57 Å². The first-order valence-corrected chi connectivity index (χ1v) is 5.18. The molecule has 2 aliphatic carbocycles. The molecule has 0 heterocycles. The van der Waals surface area contributed by atoms with Gasteiger partial charge in [0.15, 0.2) is 0 Å². The molecule has 0 saturated heterocycles. The lowest BCUT2D eigenvalue weighted by molar-refractivity contribution is -0.145.